The van der Waals surface area contributed by atoms with E-state index in [2.05, 4.69) is 25.3 Å². The Bertz CT molecular complexity index is 1800. The van der Waals surface area contributed by atoms with Crippen LogP contribution in [0.3, 0.4) is 0 Å². The number of carboxylic acid groups (broad SMARTS) is 1. The van der Waals surface area contributed by atoms with Gasteiger partial charge in [-0.1, -0.05) is 66.2 Å². The minimum Gasteiger partial charge on any atom is -0.480 e. The number of imidazole rings is 1. The maximum atomic E-state index is 13.2. The Morgan fingerprint density at radius 3 is 2.32 bits per heavy atom. The first-order chi connectivity index (χ1) is 19.7. The molecule has 0 fully saturated rings. The molecule has 0 aliphatic rings. The topological polar surface area (TPSA) is 153 Å². The third-order valence-electron chi connectivity index (χ3n) is 6.38. The molecule has 0 spiro atoms. The Hall–Kier alpha value is -5.00. The van der Waals surface area contributed by atoms with Crippen LogP contribution in [0.5, 0.6) is 0 Å². The second-order valence-electron chi connectivity index (χ2n) is 9.49. The molecule has 0 saturated heterocycles. The number of hydrogen-bond acceptors (Lipinski definition) is 5. The van der Waals surface area contributed by atoms with Crippen molar-refractivity contribution in [1.82, 2.24) is 14.7 Å². The number of aromatic nitrogens is 2. The Morgan fingerprint density at radius 2 is 1.59 bits per heavy atom. The van der Waals surface area contributed by atoms with Crippen molar-refractivity contribution in [2.45, 2.75) is 24.3 Å². The number of carbonyl (C=O) groups is 2. The van der Waals surface area contributed by atoms with Crippen LogP contribution in [0, 0.1) is 6.92 Å². The summed E-state index contributed by atoms with van der Waals surface area (Å²) < 4.78 is 28.7. The van der Waals surface area contributed by atoms with Gasteiger partial charge in [-0.2, -0.15) is 4.72 Å². The molecule has 0 saturated carbocycles. The number of hydrogen-bond donors (Lipinski definition) is 5. The van der Waals surface area contributed by atoms with E-state index in [4.69, 9.17) is 0 Å². The lowest BCUT2D eigenvalue weighted by atomic mass is 10.1. The van der Waals surface area contributed by atoms with Crippen molar-refractivity contribution in [3.63, 3.8) is 0 Å². The van der Waals surface area contributed by atoms with Crippen LogP contribution in [0.4, 0.5) is 16.4 Å². The number of carboxylic acids is 1. The van der Waals surface area contributed by atoms with Gasteiger partial charge in [0.2, 0.25) is 16.0 Å². The number of fused-ring (bicyclic) bond motifs is 1. The van der Waals surface area contributed by atoms with E-state index in [0.29, 0.717) is 28.3 Å². The Labute approximate surface area is 236 Å². The van der Waals surface area contributed by atoms with Gasteiger partial charge in [0, 0.05) is 5.69 Å². The molecule has 208 valence electrons. The number of aliphatic carboxylic acids is 1. The molecule has 10 nitrogen and oxygen atoms in total. The quantitative estimate of drug-likeness (QED) is 0.165. The summed E-state index contributed by atoms with van der Waals surface area (Å²) in [7, 11) is -4.16. The standard InChI is InChI=1S/C30H27N5O5S/c1-19-12-14-20(15-13-19)16-27(28(36)37)35-41(39,40)24-9-5-7-22(18-24)21-6-4-8-23(17-21)31-30(38)34-29-32-25-10-2-3-11-26(25)33-29/h2-15,17-18,27,35H,16H2,1H3,(H,36,37)(H3,31,32,33,34,38). The van der Waals surface area contributed by atoms with E-state index in [1.165, 1.54) is 12.1 Å². The Kier molecular flexibility index (Phi) is 7.81. The van der Waals surface area contributed by atoms with Crippen LogP contribution in [0.2, 0.25) is 0 Å². The number of nitrogens with one attached hydrogen (secondary N) is 4. The van der Waals surface area contributed by atoms with Crippen LogP contribution in [0.25, 0.3) is 22.2 Å². The highest BCUT2D eigenvalue weighted by Crippen LogP contribution is 2.26. The molecule has 11 heteroatoms. The Morgan fingerprint density at radius 1 is 0.878 bits per heavy atom. The summed E-state index contributed by atoms with van der Waals surface area (Å²) >= 11 is 0. The summed E-state index contributed by atoms with van der Waals surface area (Å²) in [5, 5.41) is 15.1. The molecule has 0 radical (unpaired) electrons. The lowest BCUT2D eigenvalue weighted by Crippen LogP contribution is -2.42. The van der Waals surface area contributed by atoms with E-state index in [0.717, 1.165) is 16.6 Å². The van der Waals surface area contributed by atoms with Crippen molar-refractivity contribution in [2.24, 2.45) is 0 Å². The first kappa shape index (κ1) is 27.6. The van der Waals surface area contributed by atoms with Crippen molar-refractivity contribution in [3.05, 3.63) is 108 Å². The minimum absolute atomic E-state index is 0.00164. The van der Waals surface area contributed by atoms with Crippen molar-refractivity contribution in [2.75, 3.05) is 10.6 Å². The van der Waals surface area contributed by atoms with Crippen molar-refractivity contribution >= 4 is 44.7 Å². The molecule has 1 atom stereocenters. The summed E-state index contributed by atoms with van der Waals surface area (Å²) in [5.74, 6) is -0.975. The first-order valence-corrected chi connectivity index (χ1v) is 14.2. The number of nitrogens with zero attached hydrogens (tertiary/aromatic N) is 1. The molecule has 5 N–H and O–H groups in total. The number of H-pyrrole nitrogens is 1. The first-order valence-electron chi connectivity index (χ1n) is 12.7. The van der Waals surface area contributed by atoms with E-state index in [1.807, 2.05) is 43.3 Å². The molecular formula is C30H27N5O5S. The fourth-order valence-corrected chi connectivity index (χ4v) is 5.53. The molecule has 1 unspecified atom stereocenters. The smallest absolute Gasteiger partial charge is 0.326 e. The molecule has 41 heavy (non-hydrogen) atoms. The highest BCUT2D eigenvalue weighted by atomic mass is 32.2. The number of benzene rings is 4. The average Bonchev–Trinajstić information content (AvgIpc) is 3.36. The molecule has 5 aromatic rings. The summed E-state index contributed by atoms with van der Waals surface area (Å²) in [4.78, 5) is 31.7. The van der Waals surface area contributed by atoms with Gasteiger partial charge in [-0.25, -0.2) is 18.2 Å². The number of anilines is 2. The number of aromatic amines is 1. The van der Waals surface area contributed by atoms with E-state index >= 15 is 0 Å². The molecule has 0 aliphatic heterocycles. The van der Waals surface area contributed by atoms with Crippen LogP contribution >= 0.6 is 0 Å². The minimum atomic E-state index is -4.16. The van der Waals surface area contributed by atoms with Gasteiger partial charge >= 0.3 is 12.0 Å². The molecule has 4 aromatic carbocycles. The fraction of sp³-hybridized carbons (Fsp3) is 0.100. The van der Waals surface area contributed by atoms with E-state index in [1.54, 1.807) is 48.5 Å². The summed E-state index contributed by atoms with van der Waals surface area (Å²) in [6.45, 7) is 1.91. The number of carbonyl (C=O) groups excluding carboxylic acids is 1. The van der Waals surface area contributed by atoms with E-state index in [9.17, 15) is 23.1 Å². The van der Waals surface area contributed by atoms with Gasteiger partial charge in [0.1, 0.15) is 6.04 Å². The van der Waals surface area contributed by atoms with Gasteiger partial charge < -0.3 is 15.4 Å². The largest absolute Gasteiger partial charge is 0.480 e. The summed E-state index contributed by atoms with van der Waals surface area (Å²) in [5.41, 5.74) is 4.93. The zero-order valence-electron chi connectivity index (χ0n) is 22.0. The van der Waals surface area contributed by atoms with Crippen molar-refractivity contribution < 1.29 is 23.1 Å². The van der Waals surface area contributed by atoms with Gasteiger partial charge in [0.25, 0.3) is 0 Å². The molecule has 0 bridgehead atoms. The molecular weight excluding hydrogens is 542 g/mol. The average molecular weight is 570 g/mol. The fourth-order valence-electron chi connectivity index (χ4n) is 4.30. The number of para-hydroxylation sites is 2. The number of aryl methyl sites for hydroxylation is 1. The predicted molar refractivity (Wildman–Crippen MR) is 157 cm³/mol. The molecule has 1 heterocycles. The van der Waals surface area contributed by atoms with Crippen LogP contribution in [-0.4, -0.2) is 41.5 Å². The molecule has 1 aromatic heterocycles. The Balaban J connectivity index is 1.30. The van der Waals surface area contributed by atoms with Gasteiger partial charge in [-0.05, 0) is 66.4 Å². The third-order valence-corrected chi connectivity index (χ3v) is 7.84. The predicted octanol–water partition coefficient (Wildman–Crippen LogP) is 5.16. The maximum absolute atomic E-state index is 13.2. The van der Waals surface area contributed by atoms with Gasteiger partial charge in [0.15, 0.2) is 0 Å². The SMILES string of the molecule is Cc1ccc(CC(NS(=O)(=O)c2cccc(-c3cccc(NC(=O)Nc4nc5ccccc5[nH]4)c3)c2)C(=O)O)cc1. The number of sulfonamides is 1. The van der Waals surface area contributed by atoms with Crippen molar-refractivity contribution in [1.29, 1.82) is 0 Å². The van der Waals surface area contributed by atoms with Crippen LogP contribution in [-0.2, 0) is 21.2 Å². The van der Waals surface area contributed by atoms with Gasteiger partial charge in [0.05, 0.1) is 15.9 Å². The van der Waals surface area contributed by atoms with Gasteiger partial charge in [-0.15, -0.1) is 0 Å². The zero-order chi connectivity index (χ0) is 29.0. The second-order valence-corrected chi connectivity index (χ2v) is 11.2. The second kappa shape index (κ2) is 11.6. The molecule has 0 aliphatic carbocycles. The van der Waals surface area contributed by atoms with E-state index < -0.39 is 28.1 Å². The number of amides is 2. The van der Waals surface area contributed by atoms with E-state index in [-0.39, 0.29) is 11.3 Å². The van der Waals surface area contributed by atoms with Crippen molar-refractivity contribution in [3.8, 4) is 11.1 Å². The summed E-state index contributed by atoms with van der Waals surface area (Å²) in [6, 6.07) is 25.9. The zero-order valence-corrected chi connectivity index (χ0v) is 22.8. The monoisotopic (exact) mass is 569 g/mol. The lowest BCUT2D eigenvalue weighted by molar-refractivity contribution is -0.138. The van der Waals surface area contributed by atoms with Crippen LogP contribution < -0.4 is 15.4 Å². The normalized spacial score (nSPS) is 12.1. The summed E-state index contributed by atoms with van der Waals surface area (Å²) in [6.07, 6.45) is -0.00164. The van der Waals surface area contributed by atoms with Gasteiger partial charge in [-0.3, -0.25) is 10.1 Å². The third kappa shape index (κ3) is 6.78. The number of urea groups is 1. The van der Waals surface area contributed by atoms with Crippen LogP contribution in [0.15, 0.2) is 102 Å². The van der Waals surface area contributed by atoms with Crippen LogP contribution in [0.1, 0.15) is 11.1 Å². The molecule has 5 rings (SSSR count). The molecule has 2 amide bonds. The highest BCUT2D eigenvalue weighted by Gasteiger charge is 2.26. The highest BCUT2D eigenvalue weighted by molar-refractivity contribution is 7.89. The lowest BCUT2D eigenvalue weighted by Gasteiger charge is -2.16. The maximum Gasteiger partial charge on any atom is 0.326 e. The number of rotatable bonds is 9.